The van der Waals surface area contributed by atoms with E-state index in [9.17, 15) is 14.0 Å². The predicted octanol–water partition coefficient (Wildman–Crippen LogP) is 4.28. The number of hydrogen-bond donors (Lipinski definition) is 1. The van der Waals surface area contributed by atoms with Crippen LogP contribution in [0.2, 0.25) is 0 Å². The van der Waals surface area contributed by atoms with Gasteiger partial charge in [-0.05, 0) is 52.9 Å². The fraction of sp³-hybridized carbons (Fsp3) is 0.286. The molecule has 188 valence electrons. The monoisotopic (exact) mass is 492 g/mol. The van der Waals surface area contributed by atoms with Crippen LogP contribution in [-0.2, 0) is 22.4 Å². The molecular formula is C28H29FN2O5. The Labute approximate surface area is 209 Å². The lowest BCUT2D eigenvalue weighted by Gasteiger charge is -2.38. The quantitative estimate of drug-likeness (QED) is 0.498. The molecule has 1 aliphatic heterocycles. The van der Waals surface area contributed by atoms with Crippen molar-refractivity contribution in [2.75, 3.05) is 27.9 Å². The molecule has 1 aliphatic rings. The minimum atomic E-state index is -0.870. The molecule has 1 heterocycles. The molecule has 0 aromatic heterocycles. The van der Waals surface area contributed by atoms with E-state index in [1.165, 1.54) is 19.2 Å². The van der Waals surface area contributed by atoms with E-state index in [0.29, 0.717) is 24.5 Å². The fourth-order valence-electron chi connectivity index (χ4n) is 4.59. The van der Waals surface area contributed by atoms with Gasteiger partial charge < -0.3 is 24.4 Å². The molecule has 4 rings (SSSR count). The molecule has 8 heteroatoms. The third-order valence-electron chi connectivity index (χ3n) is 6.39. The fourth-order valence-corrected chi connectivity index (χ4v) is 4.59. The Morgan fingerprint density at radius 2 is 1.67 bits per heavy atom. The molecule has 2 amide bonds. The minimum Gasteiger partial charge on any atom is -0.493 e. The van der Waals surface area contributed by atoms with Crippen LogP contribution >= 0.6 is 0 Å². The number of fused-ring (bicyclic) bond motifs is 1. The van der Waals surface area contributed by atoms with Crippen LogP contribution in [0.15, 0.2) is 66.7 Å². The van der Waals surface area contributed by atoms with E-state index in [4.69, 9.17) is 14.2 Å². The number of hydrogen-bond acceptors (Lipinski definition) is 5. The Kier molecular flexibility index (Phi) is 7.73. The first-order valence-electron chi connectivity index (χ1n) is 11.6. The highest BCUT2D eigenvalue weighted by molar-refractivity contribution is 5.84. The SMILES string of the molecule is COC(=O)[C@H](Cc1ccccc1)NC(=O)N1CCc2cc(OC)c(OC)cc2[C@@H]1c1ccc(F)cc1. The van der Waals surface area contributed by atoms with Crippen LogP contribution in [0.1, 0.15) is 28.3 Å². The summed E-state index contributed by atoms with van der Waals surface area (Å²) in [5.41, 5.74) is 3.47. The maximum absolute atomic E-state index is 13.7. The predicted molar refractivity (Wildman–Crippen MR) is 133 cm³/mol. The number of methoxy groups -OCH3 is 3. The number of rotatable bonds is 7. The number of esters is 1. The number of amides is 2. The molecule has 1 N–H and O–H groups in total. The van der Waals surface area contributed by atoms with E-state index >= 15 is 0 Å². The van der Waals surface area contributed by atoms with Crippen LogP contribution in [0.3, 0.4) is 0 Å². The van der Waals surface area contributed by atoms with Crippen molar-refractivity contribution < 1.29 is 28.2 Å². The van der Waals surface area contributed by atoms with Gasteiger partial charge in [-0.2, -0.15) is 0 Å². The summed E-state index contributed by atoms with van der Waals surface area (Å²) in [6.07, 6.45) is 0.859. The zero-order chi connectivity index (χ0) is 25.7. The second-order valence-corrected chi connectivity index (χ2v) is 8.52. The maximum Gasteiger partial charge on any atom is 0.328 e. The van der Waals surface area contributed by atoms with Gasteiger partial charge in [0.1, 0.15) is 11.9 Å². The van der Waals surface area contributed by atoms with E-state index in [-0.39, 0.29) is 12.2 Å². The van der Waals surface area contributed by atoms with Gasteiger partial charge in [0.05, 0.1) is 27.4 Å². The summed E-state index contributed by atoms with van der Waals surface area (Å²) in [5, 5.41) is 2.86. The third kappa shape index (κ3) is 5.27. The highest BCUT2D eigenvalue weighted by Gasteiger charge is 2.35. The third-order valence-corrected chi connectivity index (χ3v) is 6.39. The molecule has 0 fully saturated rings. The number of benzene rings is 3. The summed E-state index contributed by atoms with van der Waals surface area (Å²) in [6, 6.07) is 17.4. The molecule has 3 aromatic carbocycles. The van der Waals surface area contributed by atoms with Crippen molar-refractivity contribution in [1.82, 2.24) is 10.2 Å². The summed E-state index contributed by atoms with van der Waals surface area (Å²) in [7, 11) is 4.42. The number of ether oxygens (including phenoxy) is 3. The molecule has 0 saturated carbocycles. The number of nitrogens with one attached hydrogen (secondary N) is 1. The average Bonchev–Trinajstić information content (AvgIpc) is 2.91. The normalized spacial score (nSPS) is 15.4. The molecule has 0 aliphatic carbocycles. The summed E-state index contributed by atoms with van der Waals surface area (Å²) in [6.45, 7) is 0.385. The van der Waals surface area contributed by atoms with Gasteiger partial charge in [0, 0.05) is 13.0 Å². The number of carbonyl (C=O) groups excluding carboxylic acids is 2. The summed E-state index contributed by atoms with van der Waals surface area (Å²) >= 11 is 0. The summed E-state index contributed by atoms with van der Waals surface area (Å²) in [4.78, 5) is 27.8. The van der Waals surface area contributed by atoms with Crippen molar-refractivity contribution in [3.8, 4) is 11.5 Å². The molecule has 2 atom stereocenters. The van der Waals surface area contributed by atoms with E-state index in [0.717, 1.165) is 22.3 Å². The van der Waals surface area contributed by atoms with Crippen molar-refractivity contribution in [3.05, 3.63) is 94.8 Å². The van der Waals surface area contributed by atoms with Gasteiger partial charge in [0.25, 0.3) is 0 Å². The molecule has 0 saturated heterocycles. The van der Waals surface area contributed by atoms with Gasteiger partial charge in [-0.15, -0.1) is 0 Å². The van der Waals surface area contributed by atoms with Gasteiger partial charge in [-0.25, -0.2) is 14.0 Å². The van der Waals surface area contributed by atoms with Gasteiger partial charge in [-0.1, -0.05) is 42.5 Å². The Morgan fingerprint density at radius 1 is 1.00 bits per heavy atom. The Hall–Kier alpha value is -4.07. The molecule has 0 spiro atoms. The Morgan fingerprint density at radius 3 is 2.31 bits per heavy atom. The van der Waals surface area contributed by atoms with E-state index in [1.54, 1.807) is 31.3 Å². The molecule has 3 aromatic rings. The van der Waals surface area contributed by atoms with Crippen molar-refractivity contribution in [3.63, 3.8) is 0 Å². The highest BCUT2D eigenvalue weighted by atomic mass is 19.1. The number of urea groups is 1. The van der Waals surface area contributed by atoms with Crippen LogP contribution in [0.5, 0.6) is 11.5 Å². The van der Waals surface area contributed by atoms with Crippen molar-refractivity contribution in [2.45, 2.75) is 24.9 Å². The number of nitrogens with zero attached hydrogens (tertiary/aromatic N) is 1. The van der Waals surface area contributed by atoms with Crippen LogP contribution in [0.25, 0.3) is 0 Å². The Balaban J connectivity index is 1.70. The van der Waals surface area contributed by atoms with Crippen LogP contribution in [0.4, 0.5) is 9.18 Å². The molecular weight excluding hydrogens is 463 g/mol. The average molecular weight is 493 g/mol. The van der Waals surface area contributed by atoms with E-state index in [2.05, 4.69) is 5.32 Å². The second-order valence-electron chi connectivity index (χ2n) is 8.52. The lowest BCUT2D eigenvalue weighted by Crippen LogP contribution is -2.52. The summed E-state index contributed by atoms with van der Waals surface area (Å²) < 4.78 is 29.7. The first-order valence-corrected chi connectivity index (χ1v) is 11.6. The lowest BCUT2D eigenvalue weighted by atomic mass is 9.87. The number of halogens is 1. The minimum absolute atomic E-state index is 0.288. The van der Waals surface area contributed by atoms with Gasteiger partial charge >= 0.3 is 12.0 Å². The van der Waals surface area contributed by atoms with E-state index in [1.807, 2.05) is 42.5 Å². The largest absolute Gasteiger partial charge is 0.493 e. The zero-order valence-electron chi connectivity index (χ0n) is 20.5. The van der Waals surface area contributed by atoms with Gasteiger partial charge in [-0.3, -0.25) is 0 Å². The van der Waals surface area contributed by atoms with Crippen LogP contribution in [-0.4, -0.2) is 50.8 Å². The van der Waals surface area contributed by atoms with Crippen molar-refractivity contribution >= 4 is 12.0 Å². The zero-order valence-corrected chi connectivity index (χ0v) is 20.5. The van der Waals surface area contributed by atoms with Crippen LogP contribution < -0.4 is 14.8 Å². The van der Waals surface area contributed by atoms with Crippen molar-refractivity contribution in [1.29, 1.82) is 0 Å². The molecule has 0 radical (unpaired) electrons. The molecule has 0 unspecified atom stereocenters. The number of carbonyl (C=O) groups is 2. The maximum atomic E-state index is 13.7. The first kappa shape index (κ1) is 25.0. The van der Waals surface area contributed by atoms with Gasteiger partial charge in [0.2, 0.25) is 0 Å². The lowest BCUT2D eigenvalue weighted by molar-refractivity contribution is -0.142. The summed E-state index contributed by atoms with van der Waals surface area (Å²) in [5.74, 6) is 0.226. The smallest absolute Gasteiger partial charge is 0.328 e. The van der Waals surface area contributed by atoms with Crippen LogP contribution in [0, 0.1) is 5.82 Å². The molecule has 7 nitrogen and oxygen atoms in total. The van der Waals surface area contributed by atoms with E-state index < -0.39 is 24.1 Å². The van der Waals surface area contributed by atoms with Gasteiger partial charge in [0.15, 0.2) is 11.5 Å². The topological polar surface area (TPSA) is 77.1 Å². The molecule has 0 bridgehead atoms. The van der Waals surface area contributed by atoms with Crippen molar-refractivity contribution in [2.24, 2.45) is 0 Å². The Bertz CT molecular complexity index is 1220. The highest BCUT2D eigenvalue weighted by Crippen LogP contribution is 2.41. The first-order chi connectivity index (χ1) is 17.4. The second kappa shape index (κ2) is 11.1. The molecule has 36 heavy (non-hydrogen) atoms. The standard InChI is InChI=1S/C28H29FN2O5/c1-34-24-16-20-13-14-31(26(22(20)17-25(24)35-2)19-9-11-21(29)12-10-19)28(33)30-23(27(32)36-3)15-18-7-5-4-6-8-18/h4-12,16-17,23,26H,13-15H2,1-3H3,(H,30,33)/t23-,26-/m0/s1.